The van der Waals surface area contributed by atoms with Gasteiger partial charge in [0.25, 0.3) is 10.0 Å². The van der Waals surface area contributed by atoms with Crippen molar-refractivity contribution < 1.29 is 32.1 Å². The van der Waals surface area contributed by atoms with E-state index in [9.17, 15) is 8.42 Å². The van der Waals surface area contributed by atoms with Gasteiger partial charge in [-0.1, -0.05) is 12.2 Å². The number of allylic oxidation sites excluding steroid dienone is 2. The summed E-state index contributed by atoms with van der Waals surface area (Å²) in [6.07, 6.45) is 5.16. The molecule has 1 aliphatic carbocycles. The average Bonchev–Trinajstić information content (AvgIpc) is 3.45. The maximum Gasteiger partial charge on any atom is 0.261 e. The van der Waals surface area contributed by atoms with Gasteiger partial charge >= 0.3 is 0 Å². The second kappa shape index (κ2) is 10.6. The van der Waals surface area contributed by atoms with E-state index in [0.29, 0.717) is 34.4 Å². The van der Waals surface area contributed by atoms with E-state index in [1.165, 1.54) is 14.2 Å². The lowest BCUT2D eigenvalue weighted by Crippen LogP contribution is -2.29. The minimum atomic E-state index is -3.86. The summed E-state index contributed by atoms with van der Waals surface area (Å²) in [5, 5.41) is 3.64. The highest BCUT2D eigenvalue weighted by atomic mass is 32.2. The molecule has 3 aromatic carbocycles. The fourth-order valence-electron chi connectivity index (χ4n) is 5.46. The molecule has 0 aromatic heterocycles. The molecule has 2 aliphatic rings. The lowest BCUT2D eigenvalue weighted by Gasteiger charge is -2.38. The van der Waals surface area contributed by atoms with Crippen molar-refractivity contribution >= 4 is 21.4 Å². The summed E-state index contributed by atoms with van der Waals surface area (Å²) >= 11 is 0. The maximum absolute atomic E-state index is 13.4. The van der Waals surface area contributed by atoms with E-state index >= 15 is 0 Å². The van der Waals surface area contributed by atoms with Crippen LogP contribution in [0.15, 0.2) is 65.6 Å². The number of hydrogen-bond acceptors (Lipinski definition) is 8. The molecule has 39 heavy (non-hydrogen) atoms. The first-order valence-corrected chi connectivity index (χ1v) is 13.9. The molecule has 0 fully saturated rings. The zero-order chi connectivity index (χ0) is 27.7. The van der Waals surface area contributed by atoms with Crippen molar-refractivity contribution in [1.29, 1.82) is 0 Å². The highest BCUT2D eigenvalue weighted by molar-refractivity contribution is 7.92. The third-order valence-electron chi connectivity index (χ3n) is 7.33. The van der Waals surface area contributed by atoms with Gasteiger partial charge in [-0.25, -0.2) is 8.42 Å². The lowest BCUT2D eigenvalue weighted by atomic mass is 9.77. The molecular formula is C29H32N2O7S. The van der Waals surface area contributed by atoms with Crippen LogP contribution in [0.2, 0.25) is 0 Å². The minimum Gasteiger partial charge on any atom is -0.493 e. The summed E-state index contributed by atoms with van der Waals surface area (Å²) in [6, 6.07) is 14.0. The molecule has 0 radical (unpaired) electrons. The van der Waals surface area contributed by atoms with E-state index in [1.807, 2.05) is 18.2 Å². The molecule has 3 aromatic rings. The molecule has 10 heteroatoms. The van der Waals surface area contributed by atoms with Gasteiger partial charge < -0.3 is 29.0 Å². The topological polar surface area (TPSA) is 104 Å². The van der Waals surface area contributed by atoms with Crippen LogP contribution in [0.25, 0.3) is 0 Å². The number of fused-ring (bicyclic) bond motifs is 3. The van der Waals surface area contributed by atoms with Crippen LogP contribution in [-0.4, -0.2) is 44.0 Å². The van der Waals surface area contributed by atoms with Crippen molar-refractivity contribution in [2.24, 2.45) is 5.92 Å². The maximum atomic E-state index is 13.4. The number of ether oxygens (including phenoxy) is 5. The summed E-state index contributed by atoms with van der Waals surface area (Å²) in [6.45, 7) is 0. The van der Waals surface area contributed by atoms with Gasteiger partial charge in [-0.15, -0.1) is 0 Å². The van der Waals surface area contributed by atoms with Gasteiger partial charge in [0, 0.05) is 17.7 Å². The monoisotopic (exact) mass is 552 g/mol. The predicted octanol–water partition coefficient (Wildman–Crippen LogP) is 5.36. The molecule has 0 unspecified atom stereocenters. The van der Waals surface area contributed by atoms with Crippen LogP contribution in [0.3, 0.4) is 0 Å². The SMILES string of the molecule is COc1ccc(NS(=O)(=O)c2ccc3c(c2)[C@H]2C=CC[C@H]2[C@@H](c2cc(OC)c(OC)c(OC)c2)N3)cc1OC. The van der Waals surface area contributed by atoms with E-state index in [4.69, 9.17) is 23.7 Å². The van der Waals surface area contributed by atoms with Gasteiger partial charge in [0.05, 0.1) is 52.2 Å². The molecule has 5 rings (SSSR count). The third kappa shape index (κ3) is 4.80. The Kier molecular flexibility index (Phi) is 7.22. The number of sulfonamides is 1. The zero-order valence-electron chi connectivity index (χ0n) is 22.5. The molecule has 0 saturated heterocycles. The summed E-state index contributed by atoms with van der Waals surface area (Å²) in [5.41, 5.74) is 3.20. The molecule has 1 heterocycles. The van der Waals surface area contributed by atoms with E-state index in [1.54, 1.807) is 51.7 Å². The number of hydrogen-bond donors (Lipinski definition) is 2. The van der Waals surface area contributed by atoms with Crippen LogP contribution in [0.5, 0.6) is 28.7 Å². The van der Waals surface area contributed by atoms with Crippen LogP contribution in [0.1, 0.15) is 29.5 Å². The Morgan fingerprint density at radius 2 is 1.49 bits per heavy atom. The van der Waals surface area contributed by atoms with Crippen molar-refractivity contribution in [3.63, 3.8) is 0 Å². The van der Waals surface area contributed by atoms with Gasteiger partial charge in [-0.05, 0) is 65.9 Å². The molecular weight excluding hydrogens is 520 g/mol. The standard InChI is InChI=1S/C29H32N2O7S/c1-34-24-12-9-18(15-25(24)35-2)31-39(32,33)19-10-11-23-22(16-19)20-7-6-8-21(20)28(30-23)17-13-26(36-3)29(38-5)27(14-17)37-4/h6-7,9-16,20-21,28,30-31H,8H2,1-5H3/t20-,21+,28+/m0/s1. The fraction of sp³-hybridized carbons (Fsp3) is 0.310. The lowest BCUT2D eigenvalue weighted by molar-refractivity contribution is 0.322. The van der Waals surface area contributed by atoms with Crippen molar-refractivity contribution in [2.45, 2.75) is 23.3 Å². The summed E-state index contributed by atoms with van der Waals surface area (Å²) in [7, 11) is 3.96. The molecule has 0 saturated carbocycles. The van der Waals surface area contributed by atoms with E-state index in [2.05, 4.69) is 22.2 Å². The van der Waals surface area contributed by atoms with Crippen LogP contribution in [0.4, 0.5) is 11.4 Å². The normalized spacial score (nSPS) is 19.4. The highest BCUT2D eigenvalue weighted by Crippen LogP contribution is 2.52. The molecule has 9 nitrogen and oxygen atoms in total. The molecule has 0 bridgehead atoms. The van der Waals surface area contributed by atoms with Gasteiger partial charge in [-0.2, -0.15) is 0 Å². The zero-order valence-corrected chi connectivity index (χ0v) is 23.3. The Morgan fingerprint density at radius 3 is 2.13 bits per heavy atom. The summed E-state index contributed by atoms with van der Waals surface area (Å²) in [5.74, 6) is 2.89. The van der Waals surface area contributed by atoms with Crippen LogP contribution in [-0.2, 0) is 10.0 Å². The first kappa shape index (κ1) is 26.6. The smallest absolute Gasteiger partial charge is 0.261 e. The third-order valence-corrected chi connectivity index (χ3v) is 8.71. The molecule has 206 valence electrons. The van der Waals surface area contributed by atoms with E-state index in [-0.39, 0.29) is 22.8 Å². The van der Waals surface area contributed by atoms with Crippen LogP contribution < -0.4 is 33.7 Å². The van der Waals surface area contributed by atoms with E-state index in [0.717, 1.165) is 23.2 Å². The number of methoxy groups -OCH3 is 5. The molecule has 0 spiro atoms. The van der Waals surface area contributed by atoms with Crippen molar-refractivity contribution in [3.8, 4) is 28.7 Å². The largest absolute Gasteiger partial charge is 0.493 e. The number of anilines is 2. The molecule has 3 atom stereocenters. The average molecular weight is 553 g/mol. The highest BCUT2D eigenvalue weighted by Gasteiger charge is 2.39. The van der Waals surface area contributed by atoms with Gasteiger partial charge in [-0.3, -0.25) is 4.72 Å². The second-order valence-electron chi connectivity index (χ2n) is 9.36. The molecule has 2 N–H and O–H groups in total. The first-order valence-electron chi connectivity index (χ1n) is 12.5. The Hall–Kier alpha value is -4.05. The molecule has 0 amide bonds. The quantitative estimate of drug-likeness (QED) is 0.342. The second-order valence-corrected chi connectivity index (χ2v) is 11.0. The van der Waals surface area contributed by atoms with Gasteiger partial charge in [0.2, 0.25) is 5.75 Å². The van der Waals surface area contributed by atoms with Crippen LogP contribution >= 0.6 is 0 Å². The number of nitrogens with one attached hydrogen (secondary N) is 2. The van der Waals surface area contributed by atoms with Crippen molar-refractivity contribution in [1.82, 2.24) is 0 Å². The van der Waals surface area contributed by atoms with Crippen molar-refractivity contribution in [3.05, 3.63) is 71.8 Å². The Morgan fingerprint density at radius 1 is 0.795 bits per heavy atom. The minimum absolute atomic E-state index is 0.0430. The predicted molar refractivity (Wildman–Crippen MR) is 149 cm³/mol. The van der Waals surface area contributed by atoms with Gasteiger partial charge in [0.15, 0.2) is 23.0 Å². The van der Waals surface area contributed by atoms with E-state index < -0.39 is 10.0 Å². The van der Waals surface area contributed by atoms with Crippen molar-refractivity contribution in [2.75, 3.05) is 45.6 Å². The number of rotatable bonds is 9. The number of benzene rings is 3. The Balaban J connectivity index is 1.48. The summed E-state index contributed by atoms with van der Waals surface area (Å²) in [4.78, 5) is 0.183. The van der Waals surface area contributed by atoms with Crippen LogP contribution in [0, 0.1) is 5.92 Å². The fourth-order valence-corrected chi connectivity index (χ4v) is 6.55. The Labute approximate surface area is 228 Å². The first-order chi connectivity index (χ1) is 18.8. The summed E-state index contributed by atoms with van der Waals surface area (Å²) < 4.78 is 56.6. The Bertz CT molecular complexity index is 1500. The molecule has 1 aliphatic heterocycles. The van der Waals surface area contributed by atoms with Gasteiger partial charge in [0.1, 0.15) is 0 Å².